The van der Waals surface area contributed by atoms with E-state index in [0.29, 0.717) is 12.1 Å². The maximum atomic E-state index is 8.76. The van der Waals surface area contributed by atoms with Crippen LogP contribution in [0.25, 0.3) is 0 Å². The molecule has 0 atom stereocenters. The third-order valence-electron chi connectivity index (χ3n) is 3.34. The molecule has 0 aliphatic heterocycles. The van der Waals surface area contributed by atoms with Crippen molar-refractivity contribution in [3.05, 3.63) is 45.7 Å². The number of nitrogens with zero attached hydrogens (tertiary/aromatic N) is 4. The van der Waals surface area contributed by atoms with E-state index in [1.807, 2.05) is 43.9 Å². The van der Waals surface area contributed by atoms with Gasteiger partial charge in [-0.15, -0.1) is 0 Å². The summed E-state index contributed by atoms with van der Waals surface area (Å²) in [6.45, 7) is 2.66. The molecule has 1 heterocycles. The predicted octanol–water partition coefficient (Wildman–Crippen LogP) is 2.22. The zero-order valence-electron chi connectivity index (χ0n) is 12.2. The van der Waals surface area contributed by atoms with Gasteiger partial charge in [-0.25, -0.2) is 0 Å². The number of hydrogen-bond donors (Lipinski definition) is 2. The van der Waals surface area contributed by atoms with Crippen LogP contribution in [0.2, 0.25) is 0 Å². The fraction of sp³-hybridized carbons (Fsp3) is 0.286. The van der Waals surface area contributed by atoms with E-state index in [0.717, 1.165) is 21.5 Å². The van der Waals surface area contributed by atoms with Crippen molar-refractivity contribution in [1.82, 2.24) is 9.78 Å². The van der Waals surface area contributed by atoms with Gasteiger partial charge >= 0.3 is 0 Å². The summed E-state index contributed by atoms with van der Waals surface area (Å²) in [5.41, 5.74) is 9.34. The summed E-state index contributed by atoms with van der Waals surface area (Å²) in [4.78, 5) is 2.08. The maximum Gasteiger partial charge on any atom is 0.170 e. The number of halogens is 1. The number of anilines is 1. The third-order valence-corrected chi connectivity index (χ3v) is 4.37. The van der Waals surface area contributed by atoms with Gasteiger partial charge in [-0.1, -0.05) is 17.3 Å². The molecule has 3 N–H and O–H groups in total. The van der Waals surface area contributed by atoms with Gasteiger partial charge in [0.05, 0.1) is 22.4 Å². The van der Waals surface area contributed by atoms with Crippen molar-refractivity contribution in [3.8, 4) is 0 Å². The number of nitrogens with two attached hydrogens (primary N) is 1. The molecular formula is C14H18BrN5O. The van der Waals surface area contributed by atoms with E-state index < -0.39 is 0 Å². The van der Waals surface area contributed by atoms with Crippen molar-refractivity contribution < 1.29 is 5.21 Å². The first-order chi connectivity index (χ1) is 9.93. The second kappa shape index (κ2) is 6.17. The molecule has 1 aromatic heterocycles. The van der Waals surface area contributed by atoms with Crippen LogP contribution in [0.1, 0.15) is 17.0 Å². The highest BCUT2D eigenvalue weighted by molar-refractivity contribution is 9.10. The van der Waals surface area contributed by atoms with Gasteiger partial charge in [0, 0.05) is 25.3 Å². The molecule has 0 fully saturated rings. The minimum Gasteiger partial charge on any atom is -0.409 e. The van der Waals surface area contributed by atoms with Gasteiger partial charge in [0.15, 0.2) is 5.84 Å². The van der Waals surface area contributed by atoms with Gasteiger partial charge in [0.2, 0.25) is 0 Å². The molecule has 6 nitrogen and oxygen atoms in total. The summed E-state index contributed by atoms with van der Waals surface area (Å²) in [7, 11) is 3.91. The molecule has 0 aliphatic rings. The second-order valence-electron chi connectivity index (χ2n) is 4.86. The number of aryl methyl sites for hydroxylation is 2. The van der Waals surface area contributed by atoms with Crippen molar-refractivity contribution in [1.29, 1.82) is 0 Å². The van der Waals surface area contributed by atoms with Crippen molar-refractivity contribution in [2.75, 3.05) is 11.9 Å². The minimum absolute atomic E-state index is 0.0998. The van der Waals surface area contributed by atoms with E-state index in [1.54, 1.807) is 6.07 Å². The number of rotatable bonds is 4. The second-order valence-corrected chi connectivity index (χ2v) is 5.65. The molecule has 7 heteroatoms. The molecule has 0 saturated heterocycles. The van der Waals surface area contributed by atoms with Crippen LogP contribution in [0.5, 0.6) is 0 Å². The minimum atomic E-state index is 0.0998. The molecular weight excluding hydrogens is 334 g/mol. The van der Waals surface area contributed by atoms with Crippen LogP contribution in [0.3, 0.4) is 0 Å². The van der Waals surface area contributed by atoms with E-state index in [-0.39, 0.29) is 5.84 Å². The van der Waals surface area contributed by atoms with Gasteiger partial charge in [-0.05, 0) is 35.0 Å². The molecule has 0 radical (unpaired) electrons. The lowest BCUT2D eigenvalue weighted by molar-refractivity contribution is 0.318. The highest BCUT2D eigenvalue weighted by Crippen LogP contribution is 2.24. The summed E-state index contributed by atoms with van der Waals surface area (Å²) in [6, 6.07) is 7.54. The van der Waals surface area contributed by atoms with Crippen LogP contribution in [0, 0.1) is 6.92 Å². The lowest BCUT2D eigenvalue weighted by Crippen LogP contribution is -2.20. The lowest BCUT2D eigenvalue weighted by atomic mass is 10.1. The monoisotopic (exact) mass is 351 g/mol. The molecule has 0 unspecified atom stereocenters. The summed E-state index contributed by atoms with van der Waals surface area (Å²) in [5, 5.41) is 16.2. The van der Waals surface area contributed by atoms with Crippen molar-refractivity contribution in [3.63, 3.8) is 0 Å². The molecule has 0 bridgehead atoms. The van der Waals surface area contributed by atoms with Crippen LogP contribution < -0.4 is 10.6 Å². The van der Waals surface area contributed by atoms with E-state index in [1.165, 1.54) is 0 Å². The quantitative estimate of drug-likeness (QED) is 0.383. The lowest BCUT2D eigenvalue weighted by Gasteiger charge is -2.20. The number of hydrogen-bond acceptors (Lipinski definition) is 4. The Hall–Kier alpha value is -2.02. The fourth-order valence-electron chi connectivity index (χ4n) is 2.13. The fourth-order valence-corrected chi connectivity index (χ4v) is 2.59. The van der Waals surface area contributed by atoms with Gasteiger partial charge in [0.1, 0.15) is 0 Å². The maximum absolute atomic E-state index is 8.76. The van der Waals surface area contributed by atoms with Gasteiger partial charge in [0.25, 0.3) is 0 Å². The third kappa shape index (κ3) is 3.18. The average molecular weight is 352 g/mol. The summed E-state index contributed by atoms with van der Waals surface area (Å²) in [6.07, 6.45) is 0. The summed E-state index contributed by atoms with van der Waals surface area (Å²) in [5.74, 6) is 0.0998. The molecule has 0 spiro atoms. The normalized spacial score (nSPS) is 11.7. The molecule has 2 rings (SSSR count). The van der Waals surface area contributed by atoms with E-state index in [4.69, 9.17) is 10.9 Å². The zero-order valence-corrected chi connectivity index (χ0v) is 13.8. The largest absolute Gasteiger partial charge is 0.409 e. The first kappa shape index (κ1) is 15.4. The van der Waals surface area contributed by atoms with E-state index >= 15 is 0 Å². The van der Waals surface area contributed by atoms with Crippen LogP contribution in [-0.2, 0) is 13.6 Å². The van der Waals surface area contributed by atoms with E-state index in [2.05, 4.69) is 31.1 Å². The Kier molecular flexibility index (Phi) is 4.52. The Bertz CT molecular complexity index is 680. The number of amidine groups is 1. The smallest absolute Gasteiger partial charge is 0.170 e. The SMILES string of the molecule is Cc1nn(C)c(CN(C)c2cccc(C(N)=NO)c2)c1Br. The van der Waals surface area contributed by atoms with E-state index in [9.17, 15) is 0 Å². The Morgan fingerprint density at radius 1 is 1.52 bits per heavy atom. The molecule has 0 aliphatic carbocycles. The Morgan fingerprint density at radius 3 is 2.81 bits per heavy atom. The van der Waals surface area contributed by atoms with Gasteiger partial charge in [-0.2, -0.15) is 5.10 Å². The van der Waals surface area contributed by atoms with Crippen LogP contribution in [-0.4, -0.2) is 27.9 Å². The number of benzene rings is 1. The highest BCUT2D eigenvalue weighted by atomic mass is 79.9. The highest BCUT2D eigenvalue weighted by Gasteiger charge is 2.13. The van der Waals surface area contributed by atoms with Crippen molar-refractivity contribution >= 4 is 27.5 Å². The Labute approximate surface area is 132 Å². The topological polar surface area (TPSA) is 79.7 Å². The molecule has 112 valence electrons. The van der Waals surface area contributed by atoms with Crippen LogP contribution in [0.15, 0.2) is 33.9 Å². The first-order valence-corrected chi connectivity index (χ1v) is 7.20. The molecule has 2 aromatic rings. The Morgan fingerprint density at radius 2 is 2.24 bits per heavy atom. The van der Waals surface area contributed by atoms with Crippen LogP contribution in [0.4, 0.5) is 5.69 Å². The average Bonchev–Trinajstić information content (AvgIpc) is 2.73. The summed E-state index contributed by atoms with van der Waals surface area (Å²) >= 11 is 3.57. The van der Waals surface area contributed by atoms with Crippen LogP contribution >= 0.6 is 15.9 Å². The molecule has 0 amide bonds. The first-order valence-electron chi connectivity index (χ1n) is 6.41. The van der Waals surface area contributed by atoms with Crippen molar-refractivity contribution in [2.45, 2.75) is 13.5 Å². The summed E-state index contributed by atoms with van der Waals surface area (Å²) < 4.78 is 2.88. The Balaban J connectivity index is 2.26. The number of aromatic nitrogens is 2. The van der Waals surface area contributed by atoms with Crippen molar-refractivity contribution in [2.24, 2.45) is 17.9 Å². The molecule has 21 heavy (non-hydrogen) atoms. The molecule has 0 saturated carbocycles. The van der Waals surface area contributed by atoms with Gasteiger partial charge < -0.3 is 15.8 Å². The van der Waals surface area contributed by atoms with Gasteiger partial charge in [-0.3, -0.25) is 4.68 Å². The standard InChI is InChI=1S/C14H18BrN5O/c1-9-13(15)12(20(3)17-9)8-19(2)11-6-4-5-10(7-11)14(16)18-21/h4-7,21H,8H2,1-3H3,(H2,16,18). The zero-order chi connectivity index (χ0) is 15.6. The number of oxime groups is 1. The molecule has 1 aromatic carbocycles. The predicted molar refractivity (Wildman–Crippen MR) is 86.7 cm³/mol.